The first-order valence-corrected chi connectivity index (χ1v) is 7.88. The maximum Gasteiger partial charge on any atom is 0.390 e. The Morgan fingerprint density at radius 2 is 1.81 bits per heavy atom. The molecule has 27 heavy (non-hydrogen) atoms. The number of carbonyl (C=O) groups excluding carboxylic acids is 2. The first-order chi connectivity index (χ1) is 12.8. The second-order valence-electron chi connectivity index (χ2n) is 5.65. The molecule has 10 heteroatoms. The van der Waals surface area contributed by atoms with Gasteiger partial charge in [-0.15, -0.1) is 0 Å². The Hall–Kier alpha value is -3.43. The van der Waals surface area contributed by atoms with Gasteiger partial charge in [-0.25, -0.2) is 0 Å². The third-order valence-corrected chi connectivity index (χ3v) is 3.67. The number of pyridine rings is 1. The lowest BCUT2D eigenvalue weighted by Gasteiger charge is -2.09. The monoisotopic (exact) mass is 377 g/mol. The summed E-state index contributed by atoms with van der Waals surface area (Å²) in [7, 11) is 0. The molecule has 7 nitrogen and oxygen atoms in total. The van der Waals surface area contributed by atoms with Crippen LogP contribution in [0.25, 0.3) is 10.8 Å². The number of carbonyl (C=O) groups is 2. The summed E-state index contributed by atoms with van der Waals surface area (Å²) in [5.41, 5.74) is 0.0177. The van der Waals surface area contributed by atoms with Crippen molar-refractivity contribution < 1.29 is 22.8 Å². The summed E-state index contributed by atoms with van der Waals surface area (Å²) >= 11 is 0. The molecule has 2 aromatic heterocycles. The topological polar surface area (TPSA) is 99.8 Å². The number of fused-ring (bicyclic) bond motifs is 1. The Morgan fingerprint density at radius 1 is 1.07 bits per heavy atom. The molecule has 3 N–H and O–H groups in total. The van der Waals surface area contributed by atoms with Crippen molar-refractivity contribution in [2.45, 2.75) is 12.6 Å². The lowest BCUT2D eigenvalue weighted by molar-refractivity contribution is -0.133. The van der Waals surface area contributed by atoms with E-state index in [1.165, 1.54) is 6.20 Å². The number of alkyl halides is 3. The summed E-state index contributed by atoms with van der Waals surface area (Å²) in [6.45, 7) is -0.582. The van der Waals surface area contributed by atoms with Gasteiger partial charge in [-0.1, -0.05) is 24.3 Å². The quantitative estimate of drug-likeness (QED) is 0.637. The fourth-order valence-corrected chi connectivity index (χ4v) is 2.35. The van der Waals surface area contributed by atoms with Gasteiger partial charge in [0.25, 0.3) is 11.8 Å². The first-order valence-electron chi connectivity index (χ1n) is 7.88. The normalized spacial score (nSPS) is 11.4. The number of hydrogen-bond donors (Lipinski definition) is 3. The van der Waals surface area contributed by atoms with Crippen LogP contribution in [-0.2, 0) is 0 Å². The van der Waals surface area contributed by atoms with Crippen molar-refractivity contribution in [3.05, 3.63) is 54.1 Å². The molecule has 0 spiro atoms. The molecule has 0 saturated heterocycles. The standard InChI is InChI=1S/C17H14F3N5O2/c18-17(19,20)5-6-21-16(27)14-13(9-23-25-14)24-15(26)12-7-10-3-1-2-4-11(10)8-22-12/h1-4,7-9H,5-6H2,(H,21,27)(H,23,25)(H,24,26). The fraction of sp³-hybridized carbons (Fsp3) is 0.176. The molecule has 2 amide bonds. The van der Waals surface area contributed by atoms with Gasteiger partial charge in [0, 0.05) is 18.1 Å². The molecule has 0 aliphatic rings. The molecule has 1 aromatic carbocycles. The van der Waals surface area contributed by atoms with Crippen LogP contribution in [0.3, 0.4) is 0 Å². The van der Waals surface area contributed by atoms with E-state index in [0.29, 0.717) is 0 Å². The molecule has 0 bridgehead atoms. The van der Waals surface area contributed by atoms with Crippen molar-refractivity contribution in [1.29, 1.82) is 0 Å². The van der Waals surface area contributed by atoms with E-state index in [2.05, 4.69) is 25.8 Å². The van der Waals surface area contributed by atoms with Crippen LogP contribution in [0.5, 0.6) is 0 Å². The summed E-state index contributed by atoms with van der Waals surface area (Å²) in [6.07, 6.45) is -2.79. The van der Waals surface area contributed by atoms with Gasteiger partial charge in [0.15, 0.2) is 0 Å². The van der Waals surface area contributed by atoms with Crippen LogP contribution in [0, 0.1) is 0 Å². The maximum atomic E-state index is 12.4. The second kappa shape index (κ2) is 7.44. The Kier molecular flexibility index (Phi) is 5.06. The number of amides is 2. The highest BCUT2D eigenvalue weighted by Crippen LogP contribution is 2.19. The van der Waals surface area contributed by atoms with Gasteiger partial charge in [0.05, 0.1) is 18.3 Å². The minimum atomic E-state index is -4.37. The zero-order chi connectivity index (χ0) is 19.4. The lowest BCUT2D eigenvalue weighted by Crippen LogP contribution is -2.29. The number of nitrogens with zero attached hydrogens (tertiary/aromatic N) is 2. The molecule has 0 aliphatic heterocycles. The Balaban J connectivity index is 1.69. The van der Waals surface area contributed by atoms with Crippen molar-refractivity contribution >= 4 is 28.3 Å². The molecule has 0 radical (unpaired) electrons. The second-order valence-corrected chi connectivity index (χ2v) is 5.65. The van der Waals surface area contributed by atoms with Crippen LogP contribution < -0.4 is 10.6 Å². The fourth-order valence-electron chi connectivity index (χ4n) is 2.35. The van der Waals surface area contributed by atoms with Crippen molar-refractivity contribution in [2.24, 2.45) is 0 Å². The van der Waals surface area contributed by atoms with Crippen LogP contribution in [0.1, 0.15) is 27.4 Å². The summed E-state index contributed by atoms with van der Waals surface area (Å²) in [4.78, 5) is 28.4. The molecule has 0 aliphatic carbocycles. The maximum absolute atomic E-state index is 12.4. The van der Waals surface area contributed by atoms with Crippen LogP contribution >= 0.6 is 0 Å². The Bertz CT molecular complexity index is 984. The largest absolute Gasteiger partial charge is 0.390 e. The average molecular weight is 377 g/mol. The van der Waals surface area contributed by atoms with E-state index in [-0.39, 0.29) is 17.1 Å². The molecule has 3 aromatic rings. The van der Waals surface area contributed by atoms with E-state index in [1.54, 1.807) is 12.3 Å². The Labute approximate surface area is 151 Å². The average Bonchev–Trinajstić information content (AvgIpc) is 3.08. The predicted octanol–water partition coefficient (Wildman–Crippen LogP) is 2.89. The zero-order valence-corrected chi connectivity index (χ0v) is 13.8. The zero-order valence-electron chi connectivity index (χ0n) is 13.8. The summed E-state index contributed by atoms with van der Waals surface area (Å²) in [6, 6.07) is 8.94. The number of aromatic nitrogens is 3. The number of benzene rings is 1. The first kappa shape index (κ1) is 18.4. The Morgan fingerprint density at radius 3 is 2.56 bits per heavy atom. The summed E-state index contributed by atoms with van der Waals surface area (Å²) < 4.78 is 36.5. The summed E-state index contributed by atoms with van der Waals surface area (Å²) in [5.74, 6) is -1.38. The van der Waals surface area contributed by atoms with Crippen molar-refractivity contribution in [2.75, 3.05) is 11.9 Å². The van der Waals surface area contributed by atoms with Crippen LogP contribution in [0.4, 0.5) is 18.9 Å². The van der Waals surface area contributed by atoms with Crippen LogP contribution in [0.2, 0.25) is 0 Å². The molecule has 0 fully saturated rings. The number of aromatic amines is 1. The van der Waals surface area contributed by atoms with Gasteiger partial charge in [-0.05, 0) is 11.5 Å². The molecule has 140 valence electrons. The van der Waals surface area contributed by atoms with Gasteiger partial charge in [0.2, 0.25) is 0 Å². The van der Waals surface area contributed by atoms with E-state index >= 15 is 0 Å². The number of rotatable bonds is 5. The van der Waals surface area contributed by atoms with E-state index in [0.717, 1.165) is 10.8 Å². The third-order valence-electron chi connectivity index (χ3n) is 3.67. The lowest BCUT2D eigenvalue weighted by atomic mass is 10.1. The van der Waals surface area contributed by atoms with Gasteiger partial charge in [0.1, 0.15) is 11.4 Å². The number of hydrogen-bond acceptors (Lipinski definition) is 4. The van der Waals surface area contributed by atoms with E-state index < -0.39 is 31.0 Å². The van der Waals surface area contributed by atoms with E-state index in [9.17, 15) is 22.8 Å². The van der Waals surface area contributed by atoms with Crippen LogP contribution in [-0.4, -0.2) is 39.7 Å². The SMILES string of the molecule is O=C(Nc1cn[nH]c1C(=O)NCCC(F)(F)F)c1cc2ccccc2cn1. The van der Waals surface area contributed by atoms with Crippen LogP contribution in [0.15, 0.2) is 42.7 Å². The predicted molar refractivity (Wildman–Crippen MR) is 91.3 cm³/mol. The highest BCUT2D eigenvalue weighted by atomic mass is 19.4. The molecule has 0 unspecified atom stereocenters. The molecular formula is C17H14F3N5O2. The van der Waals surface area contributed by atoms with Crippen molar-refractivity contribution in [3.63, 3.8) is 0 Å². The smallest absolute Gasteiger partial charge is 0.350 e. The van der Waals surface area contributed by atoms with E-state index in [1.807, 2.05) is 24.3 Å². The minimum absolute atomic E-state index is 0.0412. The van der Waals surface area contributed by atoms with E-state index in [4.69, 9.17) is 0 Å². The van der Waals surface area contributed by atoms with Gasteiger partial charge >= 0.3 is 6.18 Å². The molecule has 0 saturated carbocycles. The number of anilines is 1. The highest BCUT2D eigenvalue weighted by Gasteiger charge is 2.27. The minimum Gasteiger partial charge on any atom is -0.350 e. The van der Waals surface area contributed by atoms with Crippen molar-refractivity contribution in [3.8, 4) is 0 Å². The number of H-pyrrole nitrogens is 1. The molecular weight excluding hydrogens is 363 g/mol. The number of nitrogens with one attached hydrogen (secondary N) is 3. The van der Waals surface area contributed by atoms with Gasteiger partial charge in [-0.2, -0.15) is 18.3 Å². The summed E-state index contributed by atoms with van der Waals surface area (Å²) in [5, 5.41) is 12.3. The van der Waals surface area contributed by atoms with Gasteiger partial charge in [-0.3, -0.25) is 19.7 Å². The molecule has 3 rings (SSSR count). The van der Waals surface area contributed by atoms with Crippen molar-refractivity contribution in [1.82, 2.24) is 20.5 Å². The highest BCUT2D eigenvalue weighted by molar-refractivity contribution is 6.08. The number of halogens is 3. The van der Waals surface area contributed by atoms with Gasteiger partial charge < -0.3 is 10.6 Å². The molecule has 0 atom stereocenters. The third kappa shape index (κ3) is 4.60. The molecule has 2 heterocycles.